The van der Waals surface area contributed by atoms with Crippen LogP contribution in [0.1, 0.15) is 12.8 Å². The first-order chi connectivity index (χ1) is 5.75. The smallest absolute Gasteiger partial charge is 0.302 e. The summed E-state index contributed by atoms with van der Waals surface area (Å²) in [6.07, 6.45) is 7.39. The molecule has 66 valence electrons. The fourth-order valence-corrected chi connectivity index (χ4v) is 1.09. The van der Waals surface area contributed by atoms with E-state index in [0.717, 1.165) is 19.4 Å². The highest BCUT2D eigenvalue weighted by Gasteiger charge is 1.96. The van der Waals surface area contributed by atoms with Gasteiger partial charge in [0.25, 0.3) is 0 Å². The van der Waals surface area contributed by atoms with Gasteiger partial charge in [-0.1, -0.05) is 6.08 Å². The molecule has 1 rings (SSSR count). The zero-order chi connectivity index (χ0) is 8.97. The van der Waals surface area contributed by atoms with Crippen LogP contribution in [0.5, 0.6) is 0 Å². The Kier molecular flexibility index (Phi) is 2.91. The maximum atomic E-state index is 11.3. The average molecular weight is 166 g/mol. The second-order valence-electron chi connectivity index (χ2n) is 2.82. The molecule has 1 aromatic heterocycles. The Hall–Kier alpha value is -1.25. The number of hydrogen-bond donors (Lipinski definition) is 0. The maximum absolute atomic E-state index is 11.3. The molecule has 0 spiro atoms. The van der Waals surface area contributed by atoms with Gasteiger partial charge in [-0.15, -0.1) is 6.58 Å². The van der Waals surface area contributed by atoms with E-state index in [9.17, 15) is 4.79 Å². The number of imidazole rings is 1. The second kappa shape index (κ2) is 3.95. The van der Waals surface area contributed by atoms with Crippen molar-refractivity contribution in [2.75, 3.05) is 0 Å². The molecule has 0 fully saturated rings. The Labute approximate surface area is 71.9 Å². The highest BCUT2D eigenvalue weighted by molar-refractivity contribution is 4.80. The van der Waals surface area contributed by atoms with Crippen LogP contribution in [0.2, 0.25) is 0 Å². The van der Waals surface area contributed by atoms with Gasteiger partial charge in [0.05, 0.1) is 0 Å². The van der Waals surface area contributed by atoms with E-state index in [1.165, 1.54) is 0 Å². The fraction of sp³-hybridized carbons (Fsp3) is 0.444. The van der Waals surface area contributed by atoms with E-state index >= 15 is 0 Å². The summed E-state index contributed by atoms with van der Waals surface area (Å²) in [6.45, 7) is 4.41. The van der Waals surface area contributed by atoms with Crippen molar-refractivity contribution in [1.29, 1.82) is 0 Å². The summed E-state index contributed by atoms with van der Waals surface area (Å²) < 4.78 is 3.29. The fourth-order valence-electron chi connectivity index (χ4n) is 1.09. The van der Waals surface area contributed by atoms with Crippen LogP contribution in [0.3, 0.4) is 0 Å². The summed E-state index contributed by atoms with van der Waals surface area (Å²) in [5.74, 6) is 0. The summed E-state index contributed by atoms with van der Waals surface area (Å²) in [5.41, 5.74) is 0.0547. The molecule has 0 unspecified atom stereocenters. The number of allylic oxidation sites excluding steroid dienone is 1. The molecule has 0 aliphatic rings. The van der Waals surface area contributed by atoms with E-state index in [2.05, 4.69) is 6.58 Å². The van der Waals surface area contributed by atoms with Gasteiger partial charge in [0.15, 0.2) is 0 Å². The van der Waals surface area contributed by atoms with Crippen LogP contribution in [0.4, 0.5) is 0 Å². The molecule has 12 heavy (non-hydrogen) atoms. The molecule has 1 aromatic rings. The standard InChI is InChI=1S/C9H14N2O/c1-3-4-5-6-11-8-7-10(2)9(11)12/h3,7-8H,1,4-6H2,2H3. The largest absolute Gasteiger partial charge is 0.327 e. The van der Waals surface area contributed by atoms with Crippen LogP contribution in [-0.2, 0) is 13.6 Å². The van der Waals surface area contributed by atoms with Crippen LogP contribution < -0.4 is 5.69 Å². The zero-order valence-corrected chi connectivity index (χ0v) is 7.36. The average Bonchev–Trinajstić information content (AvgIpc) is 2.36. The minimum Gasteiger partial charge on any atom is -0.302 e. The van der Waals surface area contributed by atoms with Gasteiger partial charge in [-0.25, -0.2) is 4.79 Å². The molecule has 0 atom stereocenters. The predicted molar refractivity (Wildman–Crippen MR) is 49.1 cm³/mol. The third-order valence-electron chi connectivity index (χ3n) is 1.82. The van der Waals surface area contributed by atoms with Gasteiger partial charge >= 0.3 is 5.69 Å². The Morgan fingerprint density at radius 3 is 2.83 bits per heavy atom. The number of hydrogen-bond acceptors (Lipinski definition) is 1. The van der Waals surface area contributed by atoms with Crippen molar-refractivity contribution in [3.63, 3.8) is 0 Å². The predicted octanol–water partition coefficient (Wildman–Crippen LogP) is 1.15. The first-order valence-electron chi connectivity index (χ1n) is 4.08. The van der Waals surface area contributed by atoms with Crippen molar-refractivity contribution in [2.24, 2.45) is 7.05 Å². The van der Waals surface area contributed by atoms with Gasteiger partial charge in [0.1, 0.15) is 0 Å². The van der Waals surface area contributed by atoms with Crippen molar-refractivity contribution < 1.29 is 0 Å². The maximum Gasteiger partial charge on any atom is 0.327 e. The van der Waals surface area contributed by atoms with Crippen LogP contribution >= 0.6 is 0 Å². The van der Waals surface area contributed by atoms with Crippen LogP contribution in [0.25, 0.3) is 0 Å². The Bertz CT molecular complexity index is 309. The van der Waals surface area contributed by atoms with Crippen LogP contribution in [-0.4, -0.2) is 9.13 Å². The topological polar surface area (TPSA) is 26.9 Å². The third-order valence-corrected chi connectivity index (χ3v) is 1.82. The Morgan fingerprint density at radius 2 is 2.33 bits per heavy atom. The van der Waals surface area contributed by atoms with Gasteiger partial charge < -0.3 is 4.57 Å². The molecule has 0 aliphatic heterocycles. The Balaban J connectivity index is 2.58. The van der Waals surface area contributed by atoms with Gasteiger partial charge in [-0.3, -0.25) is 4.57 Å². The lowest BCUT2D eigenvalue weighted by atomic mass is 10.3. The third kappa shape index (κ3) is 1.87. The van der Waals surface area contributed by atoms with E-state index in [0.29, 0.717) is 0 Å². The molecule has 0 aliphatic carbocycles. The summed E-state index contributed by atoms with van der Waals surface area (Å²) in [6, 6.07) is 0. The lowest BCUT2D eigenvalue weighted by Crippen LogP contribution is -2.21. The Morgan fingerprint density at radius 1 is 1.58 bits per heavy atom. The monoisotopic (exact) mass is 166 g/mol. The summed E-state index contributed by atoms with van der Waals surface area (Å²) >= 11 is 0. The van der Waals surface area contributed by atoms with E-state index in [1.54, 1.807) is 22.4 Å². The molecule has 1 heterocycles. The number of unbranched alkanes of at least 4 members (excludes halogenated alkanes) is 1. The lowest BCUT2D eigenvalue weighted by molar-refractivity contribution is 0.616. The summed E-state index contributed by atoms with van der Waals surface area (Å²) in [5, 5.41) is 0. The van der Waals surface area contributed by atoms with Crippen molar-refractivity contribution in [1.82, 2.24) is 9.13 Å². The quantitative estimate of drug-likeness (QED) is 0.487. The molecule has 3 heteroatoms. The van der Waals surface area contributed by atoms with Crippen molar-refractivity contribution in [3.8, 4) is 0 Å². The minimum absolute atomic E-state index is 0.0547. The van der Waals surface area contributed by atoms with Gasteiger partial charge in [-0.2, -0.15) is 0 Å². The number of aryl methyl sites for hydroxylation is 2. The summed E-state index contributed by atoms with van der Waals surface area (Å²) in [4.78, 5) is 11.3. The van der Waals surface area contributed by atoms with Crippen molar-refractivity contribution in [2.45, 2.75) is 19.4 Å². The van der Waals surface area contributed by atoms with Crippen molar-refractivity contribution >= 4 is 0 Å². The molecular weight excluding hydrogens is 152 g/mol. The van der Waals surface area contributed by atoms with Gasteiger partial charge in [0.2, 0.25) is 0 Å². The highest BCUT2D eigenvalue weighted by atomic mass is 16.1. The normalized spacial score (nSPS) is 10.1. The van der Waals surface area contributed by atoms with E-state index in [4.69, 9.17) is 0 Å². The van der Waals surface area contributed by atoms with Gasteiger partial charge in [-0.05, 0) is 12.8 Å². The van der Waals surface area contributed by atoms with Gasteiger partial charge in [0, 0.05) is 26.0 Å². The summed E-state index contributed by atoms with van der Waals surface area (Å²) in [7, 11) is 1.76. The molecule has 3 nitrogen and oxygen atoms in total. The SMILES string of the molecule is C=CCCCn1ccn(C)c1=O. The number of aromatic nitrogens is 2. The number of nitrogens with zero attached hydrogens (tertiary/aromatic N) is 2. The van der Waals surface area contributed by atoms with Crippen LogP contribution in [0, 0.1) is 0 Å². The first-order valence-corrected chi connectivity index (χ1v) is 4.08. The first kappa shape index (κ1) is 8.84. The molecule has 0 N–H and O–H groups in total. The number of rotatable bonds is 4. The van der Waals surface area contributed by atoms with Crippen molar-refractivity contribution in [3.05, 3.63) is 35.5 Å². The molecule has 0 saturated heterocycles. The van der Waals surface area contributed by atoms with E-state index in [-0.39, 0.29) is 5.69 Å². The van der Waals surface area contributed by atoms with E-state index < -0.39 is 0 Å². The zero-order valence-electron chi connectivity index (χ0n) is 7.36. The second-order valence-corrected chi connectivity index (χ2v) is 2.82. The molecule has 0 aromatic carbocycles. The molecule has 0 radical (unpaired) electrons. The molecule has 0 saturated carbocycles. The minimum atomic E-state index is 0.0547. The molecule has 0 bridgehead atoms. The molecule has 0 amide bonds. The van der Waals surface area contributed by atoms with E-state index in [1.807, 2.05) is 12.3 Å². The van der Waals surface area contributed by atoms with Crippen LogP contribution in [0.15, 0.2) is 29.8 Å². The highest BCUT2D eigenvalue weighted by Crippen LogP contribution is 1.92. The lowest BCUT2D eigenvalue weighted by Gasteiger charge is -1.97. The molecular formula is C9H14N2O.